The molecule has 1 aliphatic rings. The van der Waals surface area contributed by atoms with Crippen molar-refractivity contribution in [3.8, 4) is 11.5 Å². The number of aromatic hydroxyl groups is 1. The molecule has 0 aromatic heterocycles. The Kier molecular flexibility index (Phi) is 10.1. The Morgan fingerprint density at radius 1 is 1.25 bits per heavy atom. The Hall–Kier alpha value is -2.93. The van der Waals surface area contributed by atoms with Gasteiger partial charge in [0.15, 0.2) is 12.0 Å². The first-order valence-corrected chi connectivity index (χ1v) is 12.5. The number of carbonyl (C=O) groups excluding carboxylic acids is 3. The van der Waals surface area contributed by atoms with Gasteiger partial charge in [-0.25, -0.2) is 0 Å². The zero-order valence-electron chi connectivity index (χ0n) is 21.5. The van der Waals surface area contributed by atoms with Gasteiger partial charge in [0, 0.05) is 30.7 Å². The van der Waals surface area contributed by atoms with Gasteiger partial charge in [0.25, 0.3) is 0 Å². The highest BCUT2D eigenvalue weighted by Gasteiger charge is 2.41. The molecule has 0 unspecified atom stereocenters. The monoisotopic (exact) mass is 518 g/mol. The van der Waals surface area contributed by atoms with Gasteiger partial charge < -0.3 is 14.9 Å². The van der Waals surface area contributed by atoms with Crippen LogP contribution in [0.3, 0.4) is 0 Å². The molecule has 1 saturated carbocycles. The third-order valence-corrected chi connectivity index (χ3v) is 7.94. The fourth-order valence-corrected chi connectivity index (χ4v) is 4.72. The number of carboxylic acids is 1. The first-order chi connectivity index (χ1) is 16.8. The van der Waals surface area contributed by atoms with E-state index in [2.05, 4.69) is 19.9 Å². The molecule has 0 radical (unpaired) electrons. The SMILES string of the molecule is CC(/C=C/[C@@]1(C)[C@H](C)CCC(=O)[C@@H]1C)=C\Cc1c(O)c(C=O)c(C)c(Cl)c1OC(=O)CCCC(=O)O. The summed E-state index contributed by atoms with van der Waals surface area (Å²) in [6, 6.07) is 0. The summed E-state index contributed by atoms with van der Waals surface area (Å²) in [5.41, 5.74) is 1.06. The van der Waals surface area contributed by atoms with Crippen LogP contribution in [0.25, 0.3) is 0 Å². The van der Waals surface area contributed by atoms with E-state index >= 15 is 0 Å². The number of rotatable bonds is 10. The number of hydrogen-bond donors (Lipinski definition) is 2. The van der Waals surface area contributed by atoms with E-state index in [1.54, 1.807) is 0 Å². The Balaban J connectivity index is 2.35. The highest BCUT2D eigenvalue weighted by atomic mass is 35.5. The second kappa shape index (κ2) is 12.3. The summed E-state index contributed by atoms with van der Waals surface area (Å²) in [7, 11) is 0. The molecule has 0 heterocycles. The molecule has 8 heteroatoms. The molecule has 0 aliphatic heterocycles. The zero-order valence-corrected chi connectivity index (χ0v) is 22.3. The normalized spacial score (nSPS) is 22.6. The second-order valence-corrected chi connectivity index (χ2v) is 10.2. The van der Waals surface area contributed by atoms with Gasteiger partial charge >= 0.3 is 11.9 Å². The first kappa shape index (κ1) is 29.3. The fraction of sp³-hybridized carbons (Fsp3) is 0.500. The molecule has 2 N–H and O–H groups in total. The van der Waals surface area contributed by atoms with Crippen molar-refractivity contribution in [1.82, 2.24) is 0 Å². The molecule has 2 rings (SSSR count). The molecule has 196 valence electrons. The Bertz CT molecular complexity index is 1100. The summed E-state index contributed by atoms with van der Waals surface area (Å²) in [6.45, 7) is 9.62. The van der Waals surface area contributed by atoms with Gasteiger partial charge in [-0.05, 0) is 50.0 Å². The Labute approximate surface area is 217 Å². The second-order valence-electron chi connectivity index (χ2n) is 9.83. The Morgan fingerprint density at radius 2 is 1.92 bits per heavy atom. The van der Waals surface area contributed by atoms with Crippen molar-refractivity contribution >= 4 is 35.6 Å². The average Bonchev–Trinajstić information content (AvgIpc) is 2.82. The van der Waals surface area contributed by atoms with E-state index in [1.807, 2.05) is 26.0 Å². The minimum atomic E-state index is -1.02. The van der Waals surface area contributed by atoms with Gasteiger partial charge in [0.2, 0.25) is 0 Å². The summed E-state index contributed by atoms with van der Waals surface area (Å²) < 4.78 is 5.44. The molecular formula is C28H35ClO7. The summed E-state index contributed by atoms with van der Waals surface area (Å²) in [5.74, 6) is -1.55. The van der Waals surface area contributed by atoms with Crippen LogP contribution in [0.5, 0.6) is 11.5 Å². The molecule has 36 heavy (non-hydrogen) atoms. The molecule has 0 saturated heterocycles. The summed E-state index contributed by atoms with van der Waals surface area (Å²) in [6.07, 6.45) is 7.67. The predicted molar refractivity (Wildman–Crippen MR) is 138 cm³/mol. The van der Waals surface area contributed by atoms with Crippen LogP contribution in [0.15, 0.2) is 23.8 Å². The summed E-state index contributed by atoms with van der Waals surface area (Å²) in [5, 5.41) is 19.6. The molecule has 1 aromatic rings. The lowest BCUT2D eigenvalue weighted by Crippen LogP contribution is -2.40. The van der Waals surface area contributed by atoms with E-state index in [0.717, 1.165) is 12.0 Å². The van der Waals surface area contributed by atoms with Crippen molar-refractivity contribution < 1.29 is 34.1 Å². The van der Waals surface area contributed by atoms with Crippen LogP contribution in [0.1, 0.15) is 81.3 Å². The number of esters is 1. The largest absolute Gasteiger partial charge is 0.507 e. The number of carbonyl (C=O) groups is 4. The number of phenolic OH excluding ortho intramolecular Hbond substituents is 1. The number of aliphatic carboxylic acids is 1. The highest BCUT2D eigenvalue weighted by Crippen LogP contribution is 2.45. The lowest BCUT2D eigenvalue weighted by Gasteiger charge is -2.42. The molecule has 1 aromatic carbocycles. The van der Waals surface area contributed by atoms with Gasteiger partial charge in [0.1, 0.15) is 11.5 Å². The maximum Gasteiger partial charge on any atom is 0.311 e. The zero-order chi connectivity index (χ0) is 27.2. The highest BCUT2D eigenvalue weighted by molar-refractivity contribution is 6.33. The van der Waals surface area contributed by atoms with Gasteiger partial charge in [-0.15, -0.1) is 0 Å². The van der Waals surface area contributed by atoms with Gasteiger partial charge in [-0.1, -0.05) is 56.2 Å². The van der Waals surface area contributed by atoms with E-state index in [-0.39, 0.29) is 76.0 Å². The van der Waals surface area contributed by atoms with Crippen LogP contribution < -0.4 is 4.74 Å². The fourth-order valence-electron chi connectivity index (χ4n) is 4.47. The van der Waals surface area contributed by atoms with Gasteiger partial charge in [-0.2, -0.15) is 0 Å². The van der Waals surface area contributed by atoms with Crippen LogP contribution in [-0.2, 0) is 20.8 Å². The quantitative estimate of drug-likeness (QED) is 0.168. The van der Waals surface area contributed by atoms with Crippen molar-refractivity contribution in [2.75, 3.05) is 0 Å². The molecule has 1 fully saturated rings. The topological polar surface area (TPSA) is 118 Å². The minimum absolute atomic E-state index is 0.0122. The third-order valence-electron chi connectivity index (χ3n) is 7.49. The molecule has 7 nitrogen and oxygen atoms in total. The van der Waals surface area contributed by atoms with E-state index in [9.17, 15) is 24.3 Å². The summed E-state index contributed by atoms with van der Waals surface area (Å²) in [4.78, 5) is 46.9. The number of hydrogen-bond acceptors (Lipinski definition) is 6. The maximum absolute atomic E-state index is 12.3. The molecule has 0 spiro atoms. The van der Waals surface area contributed by atoms with E-state index in [1.165, 1.54) is 6.92 Å². The van der Waals surface area contributed by atoms with Crippen molar-refractivity contribution in [1.29, 1.82) is 0 Å². The number of ketones is 1. The van der Waals surface area contributed by atoms with E-state index in [4.69, 9.17) is 21.4 Å². The molecule has 0 bridgehead atoms. The van der Waals surface area contributed by atoms with Crippen molar-refractivity contribution in [2.24, 2.45) is 17.3 Å². The number of carboxylic acid groups (broad SMARTS) is 1. The van der Waals surface area contributed by atoms with E-state index < -0.39 is 11.9 Å². The maximum atomic E-state index is 12.3. The number of halogens is 1. The van der Waals surface area contributed by atoms with Crippen molar-refractivity contribution in [3.63, 3.8) is 0 Å². The van der Waals surface area contributed by atoms with Crippen LogP contribution in [0.2, 0.25) is 5.02 Å². The van der Waals surface area contributed by atoms with E-state index in [0.29, 0.717) is 18.6 Å². The lowest BCUT2D eigenvalue weighted by atomic mass is 9.61. The van der Waals surface area contributed by atoms with Gasteiger partial charge in [-0.3, -0.25) is 19.2 Å². The first-order valence-electron chi connectivity index (χ1n) is 12.1. The third kappa shape index (κ3) is 6.64. The van der Waals surface area contributed by atoms with Crippen LogP contribution in [-0.4, -0.2) is 34.2 Å². The lowest BCUT2D eigenvalue weighted by molar-refractivity contribution is -0.138. The molecule has 3 atom stereocenters. The average molecular weight is 519 g/mol. The number of aldehydes is 1. The summed E-state index contributed by atoms with van der Waals surface area (Å²) >= 11 is 6.42. The van der Waals surface area contributed by atoms with Crippen LogP contribution in [0.4, 0.5) is 0 Å². The number of allylic oxidation sites excluding steroid dienone is 4. The number of ether oxygens (including phenoxy) is 1. The van der Waals surface area contributed by atoms with Crippen molar-refractivity contribution in [3.05, 3.63) is 45.5 Å². The van der Waals surface area contributed by atoms with Crippen LogP contribution >= 0.6 is 11.6 Å². The predicted octanol–water partition coefficient (Wildman–Crippen LogP) is 6.01. The smallest absolute Gasteiger partial charge is 0.311 e. The molecule has 0 amide bonds. The molecule has 1 aliphatic carbocycles. The minimum Gasteiger partial charge on any atom is -0.507 e. The Morgan fingerprint density at radius 3 is 2.53 bits per heavy atom. The number of benzene rings is 1. The molecular weight excluding hydrogens is 484 g/mol. The standard InChI is InChI=1S/C28H35ClO7/c1-16(13-14-28(5)17(2)10-12-22(31)19(28)4)9-11-20-26(35)21(15-30)18(3)25(29)27(20)36-24(34)8-6-7-23(32)33/h9,13-15,17,19,35H,6-8,10-12H2,1-5H3,(H,32,33)/b14-13+,16-9+/t17-,19+,28+/m1/s1. The van der Waals surface area contributed by atoms with Crippen LogP contribution in [0, 0.1) is 24.2 Å². The number of Topliss-reactive ketones (excluding diaryl/α,β-unsaturated/α-hetero) is 1. The van der Waals surface area contributed by atoms with Crippen molar-refractivity contribution in [2.45, 2.75) is 73.1 Å². The van der Waals surface area contributed by atoms with Gasteiger partial charge in [0.05, 0.1) is 10.6 Å². The number of phenols is 1.